The third-order valence-electron chi connectivity index (χ3n) is 0.631. The Morgan fingerprint density at radius 3 is 1.57 bits per heavy atom. The van der Waals surface area contributed by atoms with Gasteiger partial charge in [-0.2, -0.15) is 0 Å². The van der Waals surface area contributed by atoms with Crippen molar-refractivity contribution in [3.63, 3.8) is 0 Å². The first-order valence-electron chi connectivity index (χ1n) is 1.78. The van der Waals surface area contributed by atoms with Gasteiger partial charge >= 0.3 is 59.7 Å². The van der Waals surface area contributed by atoms with E-state index in [0.717, 1.165) is 0 Å². The second kappa shape index (κ2) is 2.22. The summed E-state index contributed by atoms with van der Waals surface area (Å²) in [6, 6.07) is 0. The van der Waals surface area contributed by atoms with Crippen molar-refractivity contribution in [3.8, 4) is 0 Å². The molecule has 1 aliphatic rings. The molecule has 0 spiro atoms. The molecule has 0 radical (unpaired) electrons. The fourth-order valence-corrected chi connectivity index (χ4v) is 5.66. The van der Waals surface area contributed by atoms with Crippen LogP contribution in [0.2, 0.25) is 0 Å². The third-order valence-corrected chi connectivity index (χ3v) is 9.39. The van der Waals surface area contributed by atoms with Crippen molar-refractivity contribution < 1.29 is 0 Å². The number of hydrogen-bond donors (Lipinski definition) is 0. The average Bonchev–Trinajstić information content (AvgIpc) is 1.84. The van der Waals surface area contributed by atoms with Crippen LogP contribution in [0.5, 0.6) is 0 Å². The van der Waals surface area contributed by atoms with Gasteiger partial charge in [0.25, 0.3) is 0 Å². The molecule has 0 amide bonds. The van der Waals surface area contributed by atoms with Crippen LogP contribution in [0.3, 0.4) is 0 Å². The Balaban J connectivity index is 2.77. The Morgan fingerprint density at radius 1 is 1.00 bits per heavy atom. The van der Waals surface area contributed by atoms with Crippen LogP contribution >= 0.6 is 25.5 Å². The van der Waals surface area contributed by atoms with Gasteiger partial charge in [-0.25, -0.2) is 0 Å². The van der Waals surface area contributed by atoms with Gasteiger partial charge in [-0.05, 0) is 0 Å². The molecular formula is C4H4Br2Te. The van der Waals surface area contributed by atoms with Crippen LogP contribution in [0, 0.1) is 0 Å². The Bertz CT molecular complexity index is 112. The Kier molecular flexibility index (Phi) is 2.02. The summed E-state index contributed by atoms with van der Waals surface area (Å²) in [5.41, 5.74) is 0. The zero-order valence-corrected chi connectivity index (χ0v) is 8.98. The molecule has 1 rings (SSSR count). The molecule has 0 aromatic carbocycles. The molecule has 0 atom stereocenters. The third kappa shape index (κ3) is 1.89. The van der Waals surface area contributed by atoms with E-state index >= 15 is 0 Å². The summed E-state index contributed by atoms with van der Waals surface area (Å²) in [5.74, 6) is 0. The quantitative estimate of drug-likeness (QED) is 0.595. The molecule has 0 bridgehead atoms. The zero-order valence-electron chi connectivity index (χ0n) is 3.47. The van der Waals surface area contributed by atoms with Gasteiger partial charge in [0.1, 0.15) is 0 Å². The summed E-state index contributed by atoms with van der Waals surface area (Å²) in [6.45, 7) is 0. The zero-order chi connectivity index (χ0) is 5.33. The predicted octanol–water partition coefficient (Wildman–Crippen LogP) is 2.42. The van der Waals surface area contributed by atoms with E-state index in [1.807, 2.05) is 0 Å². The predicted molar refractivity (Wildman–Crippen MR) is 41.9 cm³/mol. The van der Waals surface area contributed by atoms with Gasteiger partial charge in [-0.3, -0.25) is 0 Å². The van der Waals surface area contributed by atoms with E-state index in [2.05, 4.69) is 45.9 Å². The van der Waals surface area contributed by atoms with Crippen LogP contribution in [-0.4, -0.2) is 13.8 Å². The molecule has 0 nitrogen and oxygen atoms in total. The minimum absolute atomic E-state index is 1.73. The van der Waals surface area contributed by atoms with Crippen molar-refractivity contribution in [2.24, 2.45) is 0 Å². The molecule has 0 saturated carbocycles. The maximum atomic E-state index is 3.58. The van der Waals surface area contributed by atoms with Crippen LogP contribution in [0.1, 0.15) is 0 Å². The van der Waals surface area contributed by atoms with Crippen molar-refractivity contribution in [2.45, 2.75) is 0 Å². The molecule has 0 fully saturated rings. The van der Waals surface area contributed by atoms with Crippen molar-refractivity contribution in [2.75, 3.05) is 0 Å². The van der Waals surface area contributed by atoms with Crippen molar-refractivity contribution in [1.82, 2.24) is 0 Å². The molecule has 40 valence electrons. The molecule has 0 aromatic heterocycles. The van der Waals surface area contributed by atoms with Gasteiger partial charge in [0.15, 0.2) is 0 Å². The van der Waals surface area contributed by atoms with Gasteiger partial charge in [-0.15, -0.1) is 0 Å². The summed E-state index contributed by atoms with van der Waals surface area (Å²) in [6.07, 6.45) is 4.15. The van der Waals surface area contributed by atoms with Crippen molar-refractivity contribution >= 4 is 39.3 Å². The first-order valence-corrected chi connectivity index (χ1v) is 14.9. The Morgan fingerprint density at radius 2 is 1.43 bits per heavy atom. The van der Waals surface area contributed by atoms with Crippen LogP contribution in [0.4, 0.5) is 0 Å². The SMILES string of the molecule is Br[Te]1(Br)C=CC=C1. The molecule has 7 heavy (non-hydrogen) atoms. The molecular weight excluding hydrogens is 335 g/mol. The van der Waals surface area contributed by atoms with E-state index in [9.17, 15) is 0 Å². The summed E-state index contributed by atoms with van der Waals surface area (Å²) in [7, 11) is 0. The number of rotatable bonds is 0. The van der Waals surface area contributed by atoms with E-state index in [0.29, 0.717) is 0 Å². The average molecular weight is 339 g/mol. The molecule has 1 heterocycles. The summed E-state index contributed by atoms with van der Waals surface area (Å²) >= 11 is 5.42. The molecule has 3 heteroatoms. The fraction of sp³-hybridized carbons (Fsp3) is 0. The molecule has 0 saturated heterocycles. The van der Waals surface area contributed by atoms with Crippen LogP contribution in [0.15, 0.2) is 20.4 Å². The number of hydrogen-bond acceptors (Lipinski definition) is 0. The van der Waals surface area contributed by atoms with Gasteiger partial charge < -0.3 is 0 Å². The Labute approximate surface area is 59.1 Å². The molecule has 0 aliphatic carbocycles. The molecule has 0 aromatic rings. The van der Waals surface area contributed by atoms with Crippen LogP contribution in [0.25, 0.3) is 0 Å². The van der Waals surface area contributed by atoms with Crippen LogP contribution in [-0.2, 0) is 0 Å². The van der Waals surface area contributed by atoms with Gasteiger partial charge in [0.05, 0.1) is 0 Å². The first kappa shape index (κ1) is 6.35. The molecule has 0 unspecified atom stereocenters. The fourth-order valence-electron chi connectivity index (χ4n) is 0.346. The maximum absolute atomic E-state index is 3.58. The van der Waals surface area contributed by atoms with E-state index in [-0.39, 0.29) is 0 Å². The number of halogens is 2. The van der Waals surface area contributed by atoms with Gasteiger partial charge in [-0.1, -0.05) is 0 Å². The van der Waals surface area contributed by atoms with E-state index in [4.69, 9.17) is 0 Å². The van der Waals surface area contributed by atoms with E-state index < -0.39 is 13.8 Å². The van der Waals surface area contributed by atoms with Crippen LogP contribution < -0.4 is 0 Å². The first-order chi connectivity index (χ1) is 3.21. The van der Waals surface area contributed by atoms with E-state index in [1.165, 1.54) is 0 Å². The van der Waals surface area contributed by atoms with Gasteiger partial charge in [0, 0.05) is 0 Å². The Hall–Kier alpha value is 1.23. The number of allylic oxidation sites excluding steroid dienone is 2. The van der Waals surface area contributed by atoms with Crippen molar-refractivity contribution in [3.05, 3.63) is 20.4 Å². The molecule has 1 aliphatic heterocycles. The molecule has 0 N–H and O–H groups in total. The normalized spacial score (nSPS) is 28.3. The summed E-state index contributed by atoms with van der Waals surface area (Å²) in [5, 5.41) is 0. The summed E-state index contributed by atoms with van der Waals surface area (Å²) in [4.78, 5) is 0. The minimum atomic E-state index is -1.73. The van der Waals surface area contributed by atoms with E-state index in [1.54, 1.807) is 0 Å². The van der Waals surface area contributed by atoms with Crippen molar-refractivity contribution in [1.29, 1.82) is 0 Å². The second-order valence-electron chi connectivity index (χ2n) is 1.21. The summed E-state index contributed by atoms with van der Waals surface area (Å²) < 4.78 is 4.42. The standard InChI is InChI=1S/C4H4Br2Te/c5-7(6)3-1-2-4-7/h1-4H. The monoisotopic (exact) mass is 340 g/mol. The topological polar surface area (TPSA) is 0 Å². The second-order valence-corrected chi connectivity index (χ2v) is 26.1. The van der Waals surface area contributed by atoms with Gasteiger partial charge in [0.2, 0.25) is 0 Å².